The van der Waals surface area contributed by atoms with Crippen LogP contribution in [0.2, 0.25) is 0 Å². The van der Waals surface area contributed by atoms with Gasteiger partial charge in [0.2, 0.25) is 0 Å². The van der Waals surface area contributed by atoms with Crippen LogP contribution in [0.15, 0.2) is 22.7 Å². The maximum atomic E-state index is 13.0. The van der Waals surface area contributed by atoms with E-state index < -0.39 is 12.1 Å². The van der Waals surface area contributed by atoms with Crippen molar-refractivity contribution in [2.45, 2.75) is 25.9 Å². The van der Waals surface area contributed by atoms with Crippen molar-refractivity contribution >= 4 is 21.9 Å². The Morgan fingerprint density at radius 2 is 2.18 bits per heavy atom. The maximum Gasteiger partial charge on any atom is 0.303 e. The van der Waals surface area contributed by atoms with Gasteiger partial charge in [0, 0.05) is 6.42 Å². The highest BCUT2D eigenvalue weighted by molar-refractivity contribution is 9.10. The molecule has 0 heterocycles. The number of carbonyl (C=O) groups is 1. The second-order valence-corrected chi connectivity index (χ2v) is 4.98. The predicted molar refractivity (Wildman–Crippen MR) is 65.1 cm³/mol. The van der Waals surface area contributed by atoms with E-state index >= 15 is 0 Å². The van der Waals surface area contributed by atoms with Gasteiger partial charge in [-0.25, -0.2) is 4.39 Å². The number of benzene rings is 1. The minimum Gasteiger partial charge on any atom is -0.481 e. The van der Waals surface area contributed by atoms with E-state index in [-0.39, 0.29) is 18.2 Å². The Balaban J connectivity index is 2.66. The van der Waals surface area contributed by atoms with Crippen molar-refractivity contribution in [3.8, 4) is 0 Å². The summed E-state index contributed by atoms with van der Waals surface area (Å²) in [6.45, 7) is 1.76. The summed E-state index contributed by atoms with van der Waals surface area (Å²) in [6, 6.07) is 4.27. The molecule has 2 unspecified atom stereocenters. The first-order valence-electron chi connectivity index (χ1n) is 5.25. The molecule has 0 saturated carbocycles. The van der Waals surface area contributed by atoms with Crippen LogP contribution in [0, 0.1) is 11.7 Å². The third kappa shape index (κ3) is 4.44. The van der Waals surface area contributed by atoms with Crippen molar-refractivity contribution in [3.63, 3.8) is 0 Å². The lowest BCUT2D eigenvalue weighted by Gasteiger charge is -2.15. The number of carboxylic acid groups (broad SMARTS) is 1. The van der Waals surface area contributed by atoms with Crippen molar-refractivity contribution < 1.29 is 19.4 Å². The van der Waals surface area contributed by atoms with Gasteiger partial charge in [-0.3, -0.25) is 4.79 Å². The molecule has 17 heavy (non-hydrogen) atoms. The first kappa shape index (κ1) is 14.1. The van der Waals surface area contributed by atoms with Crippen LogP contribution in [0.1, 0.15) is 31.4 Å². The molecule has 94 valence electrons. The summed E-state index contributed by atoms with van der Waals surface area (Å²) in [4.78, 5) is 10.5. The van der Waals surface area contributed by atoms with Crippen molar-refractivity contribution in [2.24, 2.45) is 5.92 Å². The lowest BCUT2D eigenvalue weighted by atomic mass is 9.96. The molecule has 0 aliphatic heterocycles. The number of carboxylic acids is 1. The number of rotatable bonds is 5. The highest BCUT2D eigenvalue weighted by Gasteiger charge is 2.15. The Hall–Kier alpha value is -0.940. The molecule has 0 radical (unpaired) electrons. The summed E-state index contributed by atoms with van der Waals surface area (Å²) in [7, 11) is 0. The van der Waals surface area contributed by atoms with Crippen LogP contribution in [-0.2, 0) is 4.79 Å². The van der Waals surface area contributed by atoms with Gasteiger partial charge in [0.1, 0.15) is 5.82 Å². The normalized spacial score (nSPS) is 14.4. The van der Waals surface area contributed by atoms with E-state index in [2.05, 4.69) is 15.9 Å². The van der Waals surface area contributed by atoms with Crippen molar-refractivity contribution in [3.05, 3.63) is 34.1 Å². The van der Waals surface area contributed by atoms with E-state index in [1.165, 1.54) is 18.2 Å². The number of aliphatic hydroxyl groups excluding tert-OH is 1. The summed E-state index contributed by atoms with van der Waals surface area (Å²) < 4.78 is 13.3. The zero-order valence-corrected chi connectivity index (χ0v) is 10.9. The fourth-order valence-electron chi connectivity index (χ4n) is 1.62. The minimum absolute atomic E-state index is 0.0133. The third-order valence-corrected chi connectivity index (χ3v) is 3.08. The van der Waals surface area contributed by atoms with Gasteiger partial charge < -0.3 is 10.2 Å². The van der Waals surface area contributed by atoms with Gasteiger partial charge in [-0.15, -0.1) is 0 Å². The molecule has 5 heteroatoms. The number of hydrogen-bond acceptors (Lipinski definition) is 2. The topological polar surface area (TPSA) is 57.5 Å². The highest BCUT2D eigenvalue weighted by Crippen LogP contribution is 2.26. The maximum absolute atomic E-state index is 13.0. The Morgan fingerprint density at radius 3 is 2.71 bits per heavy atom. The van der Waals surface area contributed by atoms with Crippen molar-refractivity contribution in [2.75, 3.05) is 0 Å². The largest absolute Gasteiger partial charge is 0.481 e. The number of aliphatic hydroxyl groups is 1. The average Bonchev–Trinajstić information content (AvgIpc) is 2.20. The Morgan fingerprint density at radius 1 is 1.53 bits per heavy atom. The van der Waals surface area contributed by atoms with Gasteiger partial charge in [-0.1, -0.05) is 13.0 Å². The summed E-state index contributed by atoms with van der Waals surface area (Å²) in [6.07, 6.45) is -0.426. The quantitative estimate of drug-likeness (QED) is 0.878. The van der Waals surface area contributed by atoms with Gasteiger partial charge in [-0.2, -0.15) is 0 Å². The minimum atomic E-state index is -0.884. The second kappa shape index (κ2) is 6.12. The first-order valence-corrected chi connectivity index (χ1v) is 6.04. The van der Waals surface area contributed by atoms with Crippen molar-refractivity contribution in [1.29, 1.82) is 0 Å². The van der Waals surface area contributed by atoms with Crippen LogP contribution in [0.5, 0.6) is 0 Å². The third-order valence-electron chi connectivity index (χ3n) is 2.48. The van der Waals surface area contributed by atoms with E-state index in [4.69, 9.17) is 5.11 Å². The standard InChI is InChI=1S/C12H14BrFO3/c1-7(5-12(16)17)4-11(15)8-2-3-10(14)9(13)6-8/h2-3,6-7,11,15H,4-5H2,1H3,(H,16,17). The lowest BCUT2D eigenvalue weighted by molar-refractivity contribution is -0.138. The Bertz CT molecular complexity index is 409. The molecule has 1 aromatic rings. The van der Waals surface area contributed by atoms with Crippen LogP contribution in [0.4, 0.5) is 4.39 Å². The van der Waals surface area contributed by atoms with Crippen molar-refractivity contribution in [1.82, 2.24) is 0 Å². The SMILES string of the molecule is CC(CC(=O)O)CC(O)c1ccc(F)c(Br)c1. The number of hydrogen-bond donors (Lipinski definition) is 2. The molecular weight excluding hydrogens is 291 g/mol. The fraction of sp³-hybridized carbons (Fsp3) is 0.417. The van der Waals surface area contributed by atoms with Gasteiger partial charge in [-0.05, 0) is 46.0 Å². The average molecular weight is 305 g/mol. The molecule has 0 spiro atoms. The molecule has 3 nitrogen and oxygen atoms in total. The monoisotopic (exact) mass is 304 g/mol. The lowest BCUT2D eigenvalue weighted by Crippen LogP contribution is -2.09. The zero-order chi connectivity index (χ0) is 13.0. The molecule has 2 N–H and O–H groups in total. The van der Waals surface area contributed by atoms with Crippen LogP contribution in [0.3, 0.4) is 0 Å². The smallest absolute Gasteiger partial charge is 0.303 e. The number of aliphatic carboxylic acids is 1. The van der Waals surface area contributed by atoms with Gasteiger partial charge in [0.05, 0.1) is 10.6 Å². The molecule has 1 rings (SSSR count). The van der Waals surface area contributed by atoms with E-state index in [0.29, 0.717) is 16.5 Å². The van der Waals surface area contributed by atoms with Crippen LogP contribution in [-0.4, -0.2) is 16.2 Å². The molecule has 0 aliphatic carbocycles. The van der Waals surface area contributed by atoms with Gasteiger partial charge in [0.25, 0.3) is 0 Å². The van der Waals surface area contributed by atoms with E-state index in [1.807, 2.05) is 0 Å². The molecule has 0 aliphatic rings. The van der Waals surface area contributed by atoms with E-state index in [9.17, 15) is 14.3 Å². The molecular formula is C12H14BrFO3. The molecule has 2 atom stereocenters. The summed E-state index contributed by atoms with van der Waals surface area (Å²) in [5.41, 5.74) is 0.579. The molecule has 0 aromatic heterocycles. The first-order chi connectivity index (χ1) is 7.90. The Labute approximate surface area is 107 Å². The molecule has 0 bridgehead atoms. The predicted octanol–water partition coefficient (Wildman–Crippen LogP) is 3.12. The van der Waals surface area contributed by atoms with E-state index in [1.54, 1.807) is 6.92 Å². The summed E-state index contributed by atoms with van der Waals surface area (Å²) in [5, 5.41) is 18.5. The van der Waals surface area contributed by atoms with E-state index in [0.717, 1.165) is 0 Å². The second-order valence-electron chi connectivity index (χ2n) is 4.13. The van der Waals surface area contributed by atoms with Gasteiger partial charge in [0.15, 0.2) is 0 Å². The fourth-order valence-corrected chi connectivity index (χ4v) is 2.01. The highest BCUT2D eigenvalue weighted by atomic mass is 79.9. The van der Waals surface area contributed by atoms with Crippen LogP contribution >= 0.6 is 15.9 Å². The number of halogens is 2. The van der Waals surface area contributed by atoms with Crippen LogP contribution in [0.25, 0.3) is 0 Å². The molecule has 0 fully saturated rings. The molecule has 1 aromatic carbocycles. The van der Waals surface area contributed by atoms with Crippen LogP contribution < -0.4 is 0 Å². The molecule has 0 amide bonds. The zero-order valence-electron chi connectivity index (χ0n) is 9.36. The van der Waals surface area contributed by atoms with Gasteiger partial charge >= 0.3 is 5.97 Å². The summed E-state index contributed by atoms with van der Waals surface area (Å²) in [5.74, 6) is -1.41. The summed E-state index contributed by atoms with van der Waals surface area (Å²) >= 11 is 3.04. The molecule has 0 saturated heterocycles. The Kier molecular flexibility index (Phi) is 5.08.